The van der Waals surface area contributed by atoms with E-state index in [0.717, 1.165) is 91.2 Å². The zero-order valence-corrected chi connectivity index (χ0v) is 37.2. The number of methoxy groups -OCH3 is 1. The van der Waals surface area contributed by atoms with Crippen molar-refractivity contribution in [3.63, 3.8) is 0 Å². The van der Waals surface area contributed by atoms with Gasteiger partial charge in [0, 0.05) is 78.0 Å². The Kier molecular flexibility index (Phi) is 50.6. The van der Waals surface area contributed by atoms with Crippen LogP contribution >= 0.6 is 0 Å². The Morgan fingerprint density at radius 1 is 0.600 bits per heavy atom. The number of likely N-dealkylation sites (N-methyl/N-ethyl adjacent to an activating group) is 1. The molecule has 3 amide bonds. The fraction of sp³-hybridized carbons (Fsp3) is 0.950. The number of urea groups is 1. The molecule has 50 heavy (non-hydrogen) atoms. The average Bonchev–Trinajstić information content (AvgIpc) is 3.23. The van der Waals surface area contributed by atoms with Gasteiger partial charge in [-0.05, 0) is 59.9 Å². The normalized spacial score (nSPS) is 17.8. The molecular formula is C40H92N6O4. The Bertz CT molecular complexity index is 656. The minimum Gasteiger partial charge on any atom is -0.383 e. The Hall–Kier alpha value is -1.46. The monoisotopic (exact) mass is 721 g/mol. The molecule has 10 heteroatoms. The van der Waals surface area contributed by atoms with Crippen molar-refractivity contribution >= 4 is 11.9 Å². The third-order valence-electron chi connectivity index (χ3n) is 7.97. The van der Waals surface area contributed by atoms with Gasteiger partial charge in [0.15, 0.2) is 0 Å². The van der Waals surface area contributed by atoms with Gasteiger partial charge in [-0.1, -0.05) is 96.9 Å². The molecule has 4 saturated heterocycles. The van der Waals surface area contributed by atoms with E-state index in [1.807, 2.05) is 121 Å². The second-order valence-corrected chi connectivity index (χ2v) is 10.8. The maximum atomic E-state index is 12.8. The van der Waals surface area contributed by atoms with Gasteiger partial charge in [-0.15, -0.1) is 0 Å². The number of piperazine rings is 1. The molecule has 0 aromatic carbocycles. The van der Waals surface area contributed by atoms with Crippen LogP contribution in [0.15, 0.2) is 0 Å². The lowest BCUT2D eigenvalue weighted by Gasteiger charge is -2.44. The Morgan fingerprint density at radius 3 is 1.40 bits per heavy atom. The number of hydrogen-bond acceptors (Lipinski definition) is 7. The number of rotatable bonds is 5. The minimum absolute atomic E-state index is 0.181. The van der Waals surface area contributed by atoms with Crippen molar-refractivity contribution in [2.24, 2.45) is 5.92 Å². The van der Waals surface area contributed by atoms with Gasteiger partial charge in [0.2, 0.25) is 5.91 Å². The van der Waals surface area contributed by atoms with Crippen molar-refractivity contribution < 1.29 is 19.1 Å². The first-order chi connectivity index (χ1) is 24.4. The van der Waals surface area contributed by atoms with Crippen molar-refractivity contribution in [3.05, 3.63) is 0 Å². The van der Waals surface area contributed by atoms with E-state index >= 15 is 0 Å². The molecule has 4 fully saturated rings. The molecule has 0 aliphatic carbocycles. The number of carbonyl (C=O) groups is 2. The van der Waals surface area contributed by atoms with Gasteiger partial charge in [0.1, 0.15) is 0 Å². The third-order valence-corrected chi connectivity index (χ3v) is 7.97. The SMILES string of the molecule is CC.CC.CC.CC.CC.CC.CC.CN1CCC(C(=O)N2CCN(C3CCN(C(=O)N4CCOCC4)CC3)CC2)CC1.COCCN(C)C. The van der Waals surface area contributed by atoms with Crippen LogP contribution in [-0.2, 0) is 14.3 Å². The molecule has 4 rings (SSSR count). The first-order valence-electron chi connectivity index (χ1n) is 20.9. The number of likely N-dealkylation sites (tertiary alicyclic amines) is 2. The number of carbonyl (C=O) groups excluding carboxylic acids is 2. The number of amides is 3. The Labute approximate surface area is 314 Å². The van der Waals surface area contributed by atoms with Crippen LogP contribution in [0, 0.1) is 5.92 Å². The number of hydrogen-bond donors (Lipinski definition) is 0. The van der Waals surface area contributed by atoms with Crippen LogP contribution in [0.5, 0.6) is 0 Å². The zero-order chi connectivity index (χ0) is 39.9. The van der Waals surface area contributed by atoms with Crippen LogP contribution < -0.4 is 0 Å². The summed E-state index contributed by atoms with van der Waals surface area (Å²) in [5.41, 5.74) is 0. The summed E-state index contributed by atoms with van der Waals surface area (Å²) >= 11 is 0. The van der Waals surface area contributed by atoms with Crippen LogP contribution in [0.4, 0.5) is 4.79 Å². The summed E-state index contributed by atoms with van der Waals surface area (Å²) in [5.74, 6) is 0.607. The van der Waals surface area contributed by atoms with Gasteiger partial charge in [-0.3, -0.25) is 9.69 Å². The van der Waals surface area contributed by atoms with Crippen molar-refractivity contribution in [1.82, 2.24) is 29.4 Å². The van der Waals surface area contributed by atoms with Gasteiger partial charge < -0.3 is 34.0 Å². The molecule has 306 valence electrons. The summed E-state index contributed by atoms with van der Waals surface area (Å²) in [6, 6.07) is 0.726. The van der Waals surface area contributed by atoms with E-state index in [1.54, 1.807) is 7.11 Å². The Balaban J connectivity index is -0.000000271. The molecule has 4 heterocycles. The van der Waals surface area contributed by atoms with E-state index in [4.69, 9.17) is 9.47 Å². The van der Waals surface area contributed by atoms with Crippen LogP contribution in [0.1, 0.15) is 123 Å². The highest BCUT2D eigenvalue weighted by molar-refractivity contribution is 5.79. The predicted molar refractivity (Wildman–Crippen MR) is 221 cm³/mol. The van der Waals surface area contributed by atoms with Gasteiger partial charge >= 0.3 is 6.03 Å². The molecule has 4 aliphatic rings. The maximum absolute atomic E-state index is 12.8. The second-order valence-electron chi connectivity index (χ2n) is 10.8. The standard InChI is InChI=1S/C21H37N5O3.C5H13NO.7C2H6/c1-22-6-2-18(3-7-22)20(27)24-12-10-23(11-13-24)19-4-8-25(9-5-19)21(28)26-14-16-29-17-15-26;1-6(2)4-5-7-3;7*1-2/h18-19H,2-17H2,1H3;4-5H2,1-3H3;7*1-2H3. The highest BCUT2D eigenvalue weighted by Gasteiger charge is 2.34. The number of morpholine rings is 1. The van der Waals surface area contributed by atoms with Gasteiger partial charge in [-0.25, -0.2) is 4.79 Å². The van der Waals surface area contributed by atoms with Gasteiger partial charge in [0.25, 0.3) is 0 Å². The summed E-state index contributed by atoms with van der Waals surface area (Å²) in [7, 11) is 7.90. The molecular weight excluding hydrogens is 628 g/mol. The van der Waals surface area contributed by atoms with Crippen LogP contribution in [0.3, 0.4) is 0 Å². The van der Waals surface area contributed by atoms with E-state index in [1.165, 1.54) is 0 Å². The van der Waals surface area contributed by atoms with E-state index in [0.29, 0.717) is 38.3 Å². The molecule has 0 radical (unpaired) electrons. The maximum Gasteiger partial charge on any atom is 0.320 e. The fourth-order valence-electron chi connectivity index (χ4n) is 5.47. The van der Waals surface area contributed by atoms with E-state index in [-0.39, 0.29) is 11.9 Å². The zero-order valence-electron chi connectivity index (χ0n) is 37.2. The predicted octanol–water partition coefficient (Wildman–Crippen LogP) is 7.77. The quantitative estimate of drug-likeness (QED) is 0.288. The summed E-state index contributed by atoms with van der Waals surface area (Å²) in [6.07, 6.45) is 4.09. The summed E-state index contributed by atoms with van der Waals surface area (Å²) in [6.45, 7) is 40.0. The number of piperidine rings is 2. The number of nitrogens with zero attached hydrogens (tertiary/aromatic N) is 6. The lowest BCUT2D eigenvalue weighted by Crippen LogP contribution is -2.57. The lowest BCUT2D eigenvalue weighted by atomic mass is 9.95. The largest absolute Gasteiger partial charge is 0.383 e. The first-order valence-corrected chi connectivity index (χ1v) is 20.9. The van der Waals surface area contributed by atoms with Crippen molar-refractivity contribution in [2.75, 3.05) is 120 Å². The van der Waals surface area contributed by atoms with E-state index in [9.17, 15) is 9.59 Å². The number of ether oxygens (including phenoxy) is 2. The highest BCUT2D eigenvalue weighted by atomic mass is 16.5. The van der Waals surface area contributed by atoms with Crippen molar-refractivity contribution in [1.29, 1.82) is 0 Å². The second kappa shape index (κ2) is 43.7. The van der Waals surface area contributed by atoms with Crippen LogP contribution in [0.25, 0.3) is 0 Å². The molecule has 4 aliphatic heterocycles. The molecule has 0 saturated carbocycles. The first kappa shape index (κ1) is 57.9. The molecule has 0 atom stereocenters. The van der Waals surface area contributed by atoms with Gasteiger partial charge in [-0.2, -0.15) is 0 Å². The lowest BCUT2D eigenvalue weighted by molar-refractivity contribution is -0.139. The molecule has 0 spiro atoms. The van der Waals surface area contributed by atoms with E-state index < -0.39 is 0 Å². The Morgan fingerprint density at radius 2 is 1.02 bits per heavy atom. The minimum atomic E-state index is 0.181. The van der Waals surface area contributed by atoms with Gasteiger partial charge in [0.05, 0.1) is 19.8 Å². The fourth-order valence-corrected chi connectivity index (χ4v) is 5.47. The summed E-state index contributed by atoms with van der Waals surface area (Å²) in [5, 5.41) is 0. The third kappa shape index (κ3) is 26.3. The van der Waals surface area contributed by atoms with Crippen LogP contribution in [0.2, 0.25) is 0 Å². The smallest absolute Gasteiger partial charge is 0.320 e. The molecule has 10 nitrogen and oxygen atoms in total. The average molecular weight is 721 g/mol. The molecule has 0 bridgehead atoms. The molecule has 0 unspecified atom stereocenters. The van der Waals surface area contributed by atoms with Crippen LogP contribution in [-0.4, -0.2) is 167 Å². The molecule has 0 N–H and O–H groups in total. The highest BCUT2D eigenvalue weighted by Crippen LogP contribution is 2.23. The summed E-state index contributed by atoms with van der Waals surface area (Å²) in [4.78, 5) is 38.5. The molecule has 0 aromatic rings. The molecule has 0 aromatic heterocycles. The topological polar surface area (TPSA) is 72.0 Å². The summed E-state index contributed by atoms with van der Waals surface area (Å²) < 4.78 is 10.2. The van der Waals surface area contributed by atoms with E-state index in [2.05, 4.69) is 26.6 Å². The van der Waals surface area contributed by atoms with Crippen molar-refractivity contribution in [2.45, 2.75) is 129 Å². The van der Waals surface area contributed by atoms with Crippen molar-refractivity contribution in [3.8, 4) is 0 Å².